The van der Waals surface area contributed by atoms with Gasteiger partial charge in [0.05, 0.1) is 155 Å². The van der Waals surface area contributed by atoms with E-state index < -0.39 is 42.3 Å². The highest BCUT2D eigenvalue weighted by atomic mass is 32.2. The van der Waals surface area contributed by atoms with Crippen LogP contribution in [-0.4, -0.2) is 308 Å². The Hall–Kier alpha value is -6.65. The lowest BCUT2D eigenvalue weighted by Gasteiger charge is -2.43. The molecule has 9 rings (SSSR count). The topological polar surface area (TPSA) is 344 Å². The number of nitrogens with zero attached hydrogens (tertiary/aromatic N) is 5. The molecular weight excluding hydrogens is 1560 g/mol. The SMILES string of the molecule is Cc1cc(C)c(CCC[N+]2(CC(=O)O)CCOCC2)c(C)c1.Cc1ccc(CC(=O)NCCC[N+](C)(C)CC(=O)O)cc1.Cc1ccc(CC(=O)NCCC[N+]2(CCCS(=O)(=O)O)CCOCC2)cc1.Cc1ccc(CCC[N+]2(CCCS(=O)(=O)O)CCC(O)CC2)cc1.Cc1ccc(CCC[N+]2(CCCS(=O)(=O)O)CCOCC2)cc1. The van der Waals surface area contributed by atoms with Crippen molar-refractivity contribution in [2.75, 3.05) is 202 Å². The van der Waals surface area contributed by atoms with Crippen LogP contribution in [0.2, 0.25) is 0 Å². The Morgan fingerprint density at radius 2 is 0.709 bits per heavy atom. The smallest absolute Gasteiger partial charge is 0.359 e. The van der Waals surface area contributed by atoms with E-state index in [0.717, 1.165) is 200 Å². The van der Waals surface area contributed by atoms with E-state index in [2.05, 4.69) is 106 Å². The second kappa shape index (κ2) is 50.6. The van der Waals surface area contributed by atoms with E-state index in [1.54, 1.807) is 0 Å². The lowest BCUT2D eigenvalue weighted by atomic mass is 9.96. The molecule has 4 fully saturated rings. The molecule has 0 saturated carbocycles. The maximum absolute atomic E-state index is 12.1. The summed E-state index contributed by atoms with van der Waals surface area (Å²) < 4.78 is 112. The van der Waals surface area contributed by atoms with E-state index >= 15 is 0 Å². The van der Waals surface area contributed by atoms with E-state index in [1.165, 1.54) is 55.6 Å². The number of morpholine rings is 3. The predicted octanol–water partition coefficient (Wildman–Crippen LogP) is 9.08. The molecular formula is C88H142N7O19S3+5. The maximum Gasteiger partial charge on any atom is 0.359 e. The number of ether oxygens (including phenoxy) is 3. The van der Waals surface area contributed by atoms with E-state index in [-0.39, 0.29) is 48.3 Å². The largest absolute Gasteiger partial charge is 0.477 e. The van der Waals surface area contributed by atoms with E-state index in [4.69, 9.17) is 33.0 Å². The number of amides is 2. The van der Waals surface area contributed by atoms with E-state index in [0.29, 0.717) is 87.1 Å². The highest BCUT2D eigenvalue weighted by Gasteiger charge is 2.36. The molecule has 29 heteroatoms. The van der Waals surface area contributed by atoms with Crippen molar-refractivity contribution < 1.29 is 110 Å². The van der Waals surface area contributed by atoms with Gasteiger partial charge in [-0.3, -0.25) is 23.2 Å². The Kier molecular flexibility index (Phi) is 43.6. The minimum atomic E-state index is -3.92. The number of piperidine rings is 1. The number of benzene rings is 5. The number of aliphatic carboxylic acids is 2. The minimum Gasteiger partial charge on any atom is -0.477 e. The minimum absolute atomic E-state index is 0.00222. The van der Waals surface area contributed by atoms with Crippen molar-refractivity contribution in [1.29, 1.82) is 0 Å². The summed E-state index contributed by atoms with van der Waals surface area (Å²) in [6.07, 6.45) is 11.3. The number of carbonyl (C=O) groups excluding carboxylic acids is 2. The molecule has 0 unspecified atom stereocenters. The quantitative estimate of drug-likeness (QED) is 0.0103. The van der Waals surface area contributed by atoms with Crippen LogP contribution in [0.25, 0.3) is 0 Å². The van der Waals surface area contributed by atoms with Crippen LogP contribution in [0.15, 0.2) is 109 Å². The van der Waals surface area contributed by atoms with Crippen LogP contribution in [0, 0.1) is 48.5 Å². The first kappa shape index (κ1) is 101. The number of likely N-dealkylation sites (N-methyl/N-ethyl adjacent to an activating group) is 1. The Morgan fingerprint density at radius 1 is 0.402 bits per heavy atom. The van der Waals surface area contributed by atoms with Gasteiger partial charge in [-0.25, -0.2) is 9.59 Å². The molecule has 5 aromatic rings. The van der Waals surface area contributed by atoms with Crippen LogP contribution in [-0.2, 0) is 95.8 Å². The summed E-state index contributed by atoms with van der Waals surface area (Å²) in [5.74, 6) is -2.02. The summed E-state index contributed by atoms with van der Waals surface area (Å²) >= 11 is 0. The summed E-state index contributed by atoms with van der Waals surface area (Å²) in [6.45, 7) is 34.0. The molecule has 0 bridgehead atoms. The molecule has 2 amide bonds. The summed E-state index contributed by atoms with van der Waals surface area (Å²) in [5, 5.41) is 33.6. The van der Waals surface area contributed by atoms with Crippen molar-refractivity contribution in [3.05, 3.63) is 176 Å². The molecule has 5 aromatic carbocycles. The monoisotopic (exact) mass is 1700 g/mol. The van der Waals surface area contributed by atoms with Gasteiger partial charge in [0, 0.05) is 77.3 Å². The first-order valence-corrected chi connectivity index (χ1v) is 46.7. The fourth-order valence-corrected chi connectivity index (χ4v) is 17.6. The Bertz CT molecular complexity index is 4100. The lowest BCUT2D eigenvalue weighted by Crippen LogP contribution is -2.57. The molecule has 0 atom stereocenters. The fraction of sp³-hybridized carbons (Fsp3) is 0.614. The van der Waals surface area contributed by atoms with Gasteiger partial charge < -0.3 is 62.6 Å². The van der Waals surface area contributed by atoms with Crippen LogP contribution < -0.4 is 10.6 Å². The number of aryl methyl sites for hydroxylation is 9. The van der Waals surface area contributed by atoms with Gasteiger partial charge in [-0.1, -0.05) is 137 Å². The van der Waals surface area contributed by atoms with Crippen molar-refractivity contribution in [3.8, 4) is 0 Å². The van der Waals surface area contributed by atoms with E-state index in [1.807, 2.05) is 76.5 Å². The average Bonchev–Trinajstić information content (AvgIpc) is 0.844. The van der Waals surface area contributed by atoms with Crippen LogP contribution >= 0.6 is 0 Å². The van der Waals surface area contributed by atoms with Crippen molar-refractivity contribution in [2.24, 2.45) is 0 Å². The summed E-state index contributed by atoms with van der Waals surface area (Å²) in [4.78, 5) is 45.8. The number of hydrogen-bond acceptors (Lipinski definition) is 14. The van der Waals surface area contributed by atoms with Gasteiger partial charge in [0.15, 0.2) is 13.1 Å². The first-order valence-electron chi connectivity index (χ1n) is 41.9. The highest BCUT2D eigenvalue weighted by molar-refractivity contribution is 7.86. The third-order valence-corrected chi connectivity index (χ3v) is 25.4. The van der Waals surface area contributed by atoms with Gasteiger partial charge in [0.1, 0.15) is 39.3 Å². The van der Waals surface area contributed by atoms with Crippen molar-refractivity contribution in [1.82, 2.24) is 10.6 Å². The number of carbonyl (C=O) groups is 4. The lowest BCUT2D eigenvalue weighted by molar-refractivity contribution is -0.935. The Labute approximate surface area is 699 Å². The second-order valence-electron chi connectivity index (χ2n) is 33.9. The number of aliphatic hydroxyl groups is 1. The van der Waals surface area contributed by atoms with E-state index in [9.17, 15) is 54.6 Å². The van der Waals surface area contributed by atoms with Crippen LogP contribution in [0.4, 0.5) is 0 Å². The Morgan fingerprint density at radius 3 is 1.06 bits per heavy atom. The van der Waals surface area contributed by atoms with Crippen LogP contribution in [0.1, 0.15) is 131 Å². The molecule has 0 aromatic heterocycles. The standard InChI is InChI=1S/C19H30N2O5S.C18H29NO4S.C18H27NO3.C17H27NO4S.C16H24N2O3/c1-17-4-6-18(7-5-17)16-19(22)20-8-2-9-21(11-13-26-14-12-21)10-3-15-27(23,24)25;1-16-5-7-17(8-6-16)4-2-11-19(12-3-15-24(21,22)23)13-9-18(20)10-14-19;1-14-11-15(2)17(16(3)12-14)5-4-6-19(13-18(20)21)7-9-22-10-8-19;1-16-5-7-17(8-6-16)4-2-9-18(11-13-22-14-12-18)10-3-15-23(19,20)21;1-13-5-7-14(8-6-13)11-15(19)17-9-4-10-18(2,3)12-16(20)21/h4-7H,2-3,8-16H2,1H3,(H-,20,22,23,24,25);5-8,18,20H,2-4,9-15H2,1H3;11-12H,4-10,13H2,1-3H3;5-8H,2-4,9-15H2,1H3;5-8H,4,9-12H2,1-3H3,(H-,17,19,20,21)/p+5. The average molecular weight is 1700 g/mol. The number of aliphatic hydroxyl groups excluding tert-OH is 1. The number of carboxylic acids is 2. The number of likely N-dealkylation sites (tertiary alicyclic amines) is 1. The second-order valence-corrected chi connectivity index (χ2v) is 38.6. The van der Waals surface area contributed by atoms with Crippen molar-refractivity contribution in [2.45, 2.75) is 151 Å². The number of nitrogens with one attached hydrogen (secondary N) is 2. The fourth-order valence-electron chi connectivity index (χ4n) is 16.1. The normalized spacial score (nSPS) is 17.8. The molecule has 4 aliphatic rings. The zero-order valence-electron chi connectivity index (χ0n) is 71.5. The number of carboxylic acid groups (broad SMARTS) is 2. The maximum atomic E-state index is 12.1. The van der Waals surface area contributed by atoms with Gasteiger partial charge in [-0.2, -0.15) is 25.3 Å². The third kappa shape index (κ3) is 43.4. The molecule has 4 heterocycles. The van der Waals surface area contributed by atoms with Gasteiger partial charge in [0.25, 0.3) is 30.4 Å². The zero-order valence-corrected chi connectivity index (χ0v) is 74.0. The summed E-state index contributed by atoms with van der Waals surface area (Å²) in [7, 11) is -7.91. The molecule has 4 saturated heterocycles. The predicted molar refractivity (Wildman–Crippen MR) is 460 cm³/mol. The number of hydrogen-bond donors (Lipinski definition) is 8. The van der Waals surface area contributed by atoms with Gasteiger partial charge >= 0.3 is 11.9 Å². The first-order chi connectivity index (χ1) is 55.1. The molecule has 26 nitrogen and oxygen atoms in total. The summed E-state index contributed by atoms with van der Waals surface area (Å²) in [5.41, 5.74) is 15.0. The zero-order chi connectivity index (χ0) is 86.2. The molecule has 0 radical (unpaired) electrons. The molecule has 117 heavy (non-hydrogen) atoms. The van der Waals surface area contributed by atoms with Crippen molar-refractivity contribution in [3.63, 3.8) is 0 Å². The number of rotatable bonds is 40. The van der Waals surface area contributed by atoms with Gasteiger partial charge in [0.2, 0.25) is 11.8 Å². The molecule has 0 aliphatic carbocycles. The molecule has 4 aliphatic heterocycles. The summed E-state index contributed by atoms with van der Waals surface area (Å²) in [6, 6.07) is 37.5. The third-order valence-electron chi connectivity index (χ3n) is 23.0. The van der Waals surface area contributed by atoms with Gasteiger partial charge in [-0.05, 0) is 107 Å². The highest BCUT2D eigenvalue weighted by Crippen LogP contribution is 2.25. The van der Waals surface area contributed by atoms with Gasteiger partial charge in [-0.15, -0.1) is 0 Å². The molecule has 656 valence electrons. The van der Waals surface area contributed by atoms with Crippen LogP contribution in [0.5, 0.6) is 0 Å². The molecule has 0 spiro atoms. The molecule has 8 N–H and O–H groups in total. The Balaban J connectivity index is 0.000000261. The number of quaternary nitrogens is 5. The van der Waals surface area contributed by atoms with Crippen molar-refractivity contribution >= 4 is 54.1 Å². The van der Waals surface area contributed by atoms with Crippen LogP contribution in [0.3, 0.4) is 0 Å².